The van der Waals surface area contributed by atoms with Gasteiger partial charge in [0.25, 0.3) is 0 Å². The number of H-pyrrole nitrogens is 1. The second-order valence-corrected chi connectivity index (χ2v) is 13.0. The molecule has 9 aromatic rings. The molecule has 1 aliphatic rings. The fourth-order valence-electron chi connectivity index (χ4n) is 6.99. The van der Waals surface area contributed by atoms with Crippen molar-refractivity contribution in [3.05, 3.63) is 103 Å². The van der Waals surface area contributed by atoms with Gasteiger partial charge >= 0.3 is 0 Å². The third-order valence-corrected chi connectivity index (χ3v) is 11.0. The zero-order chi connectivity index (χ0) is 26.1. The van der Waals surface area contributed by atoms with Crippen molar-refractivity contribution >= 4 is 103 Å². The first-order chi connectivity index (χ1) is 19.7. The first-order valence-corrected chi connectivity index (χ1v) is 15.2. The zero-order valence-electron chi connectivity index (χ0n) is 21.6. The Morgan fingerprint density at radius 2 is 1.43 bits per heavy atom. The van der Waals surface area contributed by atoms with Gasteiger partial charge in [0.05, 0.1) is 15.7 Å². The first kappa shape index (κ1) is 21.5. The van der Waals surface area contributed by atoms with Gasteiger partial charge in [0.15, 0.2) is 7.28 Å². The van der Waals surface area contributed by atoms with Gasteiger partial charge in [-0.25, -0.2) is 0 Å². The van der Waals surface area contributed by atoms with Crippen molar-refractivity contribution in [3.8, 4) is 16.8 Å². The van der Waals surface area contributed by atoms with Gasteiger partial charge in [0.1, 0.15) is 4.83 Å². The molecule has 5 aromatic carbocycles. The molecule has 1 aliphatic heterocycles. The molecule has 5 heterocycles. The van der Waals surface area contributed by atoms with Crippen molar-refractivity contribution in [2.75, 3.05) is 0 Å². The number of para-hydroxylation sites is 2. The van der Waals surface area contributed by atoms with E-state index < -0.39 is 0 Å². The number of fused-ring (bicyclic) bond motifs is 12. The smallest absolute Gasteiger partial charge is 0.197 e. The molecular formula is C35H20BN2S2. The summed E-state index contributed by atoms with van der Waals surface area (Å²) in [6, 6.07) is 35.9. The summed E-state index contributed by atoms with van der Waals surface area (Å²) in [5, 5.41) is 6.67. The minimum absolute atomic E-state index is 1.22. The molecule has 5 heteroatoms. The molecule has 0 spiro atoms. The first-order valence-electron chi connectivity index (χ1n) is 13.6. The van der Waals surface area contributed by atoms with E-state index in [0.717, 1.165) is 0 Å². The number of aromatic nitrogens is 2. The summed E-state index contributed by atoms with van der Waals surface area (Å²) in [5.74, 6) is 0. The molecule has 0 saturated carbocycles. The maximum absolute atomic E-state index is 3.87. The highest BCUT2D eigenvalue weighted by molar-refractivity contribution is 7.26. The van der Waals surface area contributed by atoms with Crippen LogP contribution in [0.1, 0.15) is 5.56 Å². The van der Waals surface area contributed by atoms with Crippen molar-refractivity contribution in [3.63, 3.8) is 0 Å². The molecule has 0 bridgehead atoms. The highest BCUT2D eigenvalue weighted by Crippen LogP contribution is 2.44. The Kier molecular flexibility index (Phi) is 4.00. The minimum Gasteiger partial charge on any atom is -0.353 e. The lowest BCUT2D eigenvalue weighted by Crippen LogP contribution is -2.37. The van der Waals surface area contributed by atoms with Crippen LogP contribution >= 0.6 is 22.7 Å². The van der Waals surface area contributed by atoms with E-state index in [2.05, 4.69) is 121 Å². The van der Waals surface area contributed by atoms with E-state index in [4.69, 9.17) is 0 Å². The van der Waals surface area contributed by atoms with E-state index in [1.807, 2.05) is 22.7 Å². The number of rotatable bonds is 1. The molecule has 0 fully saturated rings. The average molecular weight is 544 g/mol. The third-order valence-electron chi connectivity index (χ3n) is 8.63. The van der Waals surface area contributed by atoms with Gasteiger partial charge in [-0.3, -0.25) is 0 Å². The third kappa shape index (κ3) is 2.60. The molecule has 1 N–H and O–H groups in total. The highest BCUT2D eigenvalue weighted by atomic mass is 32.1. The lowest BCUT2D eigenvalue weighted by molar-refractivity contribution is 1.20. The summed E-state index contributed by atoms with van der Waals surface area (Å²) < 4.78 is 6.55. The normalized spacial score (nSPS) is 12.8. The van der Waals surface area contributed by atoms with Gasteiger partial charge in [-0.15, -0.1) is 22.7 Å². The Morgan fingerprint density at radius 1 is 0.675 bits per heavy atom. The van der Waals surface area contributed by atoms with Crippen LogP contribution < -0.4 is 10.9 Å². The fourth-order valence-corrected chi connectivity index (χ4v) is 9.42. The van der Waals surface area contributed by atoms with Crippen LogP contribution in [0.25, 0.3) is 79.2 Å². The molecule has 0 saturated heterocycles. The lowest BCUT2D eigenvalue weighted by atomic mass is 9.59. The predicted octanol–water partition coefficient (Wildman–Crippen LogP) is 8.79. The van der Waals surface area contributed by atoms with E-state index >= 15 is 0 Å². The van der Waals surface area contributed by atoms with Crippen molar-refractivity contribution in [1.29, 1.82) is 0 Å². The van der Waals surface area contributed by atoms with E-state index in [-0.39, 0.29) is 0 Å². The topological polar surface area (TPSA) is 20.7 Å². The monoisotopic (exact) mass is 543 g/mol. The van der Waals surface area contributed by atoms with Gasteiger partial charge in [-0.05, 0) is 41.7 Å². The van der Waals surface area contributed by atoms with Crippen molar-refractivity contribution < 1.29 is 0 Å². The Bertz CT molecular complexity index is 2540. The van der Waals surface area contributed by atoms with Crippen LogP contribution in [-0.2, 0) is 0 Å². The van der Waals surface area contributed by atoms with Gasteiger partial charge in [0, 0.05) is 53.1 Å². The number of hydrogen-bond donors (Lipinski definition) is 1. The molecule has 0 aliphatic carbocycles. The summed E-state index contributed by atoms with van der Waals surface area (Å²) in [6.45, 7) is 2.23. The SMILES string of the molecule is Cc1cc(-c2cccc3c2[nH]c2c4ccccc4sc32)c2c(c1)-n1c3sc4ccccc4c3c3cccc(c31)[B]2. The lowest BCUT2D eigenvalue weighted by Gasteiger charge is -2.24. The number of nitrogens with one attached hydrogen (secondary N) is 1. The molecule has 0 unspecified atom stereocenters. The predicted molar refractivity (Wildman–Crippen MR) is 176 cm³/mol. The number of aromatic amines is 1. The Hall–Kier alpha value is -4.32. The molecule has 2 nitrogen and oxygen atoms in total. The maximum atomic E-state index is 3.87. The van der Waals surface area contributed by atoms with E-state index in [9.17, 15) is 0 Å². The fraction of sp³-hybridized carbons (Fsp3) is 0.0286. The average Bonchev–Trinajstić information content (AvgIpc) is 3.71. The summed E-state index contributed by atoms with van der Waals surface area (Å²) in [6.07, 6.45) is 0. The number of nitrogens with zero attached hydrogens (tertiary/aromatic N) is 1. The maximum Gasteiger partial charge on any atom is 0.197 e. The Labute approximate surface area is 238 Å². The summed E-state index contributed by atoms with van der Waals surface area (Å²) >= 11 is 3.79. The number of thiophene rings is 2. The summed E-state index contributed by atoms with van der Waals surface area (Å²) in [4.78, 5) is 5.20. The van der Waals surface area contributed by atoms with E-state index in [1.54, 1.807) is 0 Å². The van der Waals surface area contributed by atoms with Gasteiger partial charge in [-0.2, -0.15) is 0 Å². The van der Waals surface area contributed by atoms with Crippen molar-refractivity contribution in [2.45, 2.75) is 6.92 Å². The highest BCUT2D eigenvalue weighted by Gasteiger charge is 2.28. The number of benzene rings is 5. The standard InChI is InChI=1S/C35H20BN2S2/c1-18-16-24(19-10-6-12-23-31(19)37-32-21-9-3-5-15-28(21)39-34(23)32)30-26(17-18)38-33-22(11-7-13-25(33)36-30)29-20-8-2-4-14-27(20)40-35(29)38/h2-17,37H,1H3. The Morgan fingerprint density at radius 3 is 2.33 bits per heavy atom. The van der Waals surface area contributed by atoms with Crippen LogP contribution in [0.3, 0.4) is 0 Å². The van der Waals surface area contributed by atoms with Crippen molar-refractivity contribution in [2.24, 2.45) is 0 Å². The van der Waals surface area contributed by atoms with Crippen LogP contribution in [-0.4, -0.2) is 16.8 Å². The summed E-state index contributed by atoms with van der Waals surface area (Å²) in [7, 11) is 2.41. The van der Waals surface area contributed by atoms with Crippen LogP contribution in [0, 0.1) is 6.92 Å². The molecule has 0 atom stereocenters. The van der Waals surface area contributed by atoms with Crippen LogP contribution in [0.15, 0.2) is 97.1 Å². The largest absolute Gasteiger partial charge is 0.353 e. The molecule has 40 heavy (non-hydrogen) atoms. The second-order valence-electron chi connectivity index (χ2n) is 10.9. The molecule has 0 amide bonds. The van der Waals surface area contributed by atoms with Crippen LogP contribution in [0.2, 0.25) is 0 Å². The Balaban J connectivity index is 1.32. The quantitative estimate of drug-likeness (QED) is 0.200. The molecule has 4 aromatic heterocycles. The molecule has 1 radical (unpaired) electrons. The number of hydrogen-bond acceptors (Lipinski definition) is 2. The van der Waals surface area contributed by atoms with Gasteiger partial charge in [0.2, 0.25) is 0 Å². The van der Waals surface area contributed by atoms with Gasteiger partial charge < -0.3 is 9.55 Å². The zero-order valence-corrected chi connectivity index (χ0v) is 23.2. The van der Waals surface area contributed by atoms with E-state index in [0.29, 0.717) is 0 Å². The van der Waals surface area contributed by atoms with E-state index in [1.165, 1.54) is 95.7 Å². The second kappa shape index (κ2) is 7.45. The van der Waals surface area contributed by atoms with Gasteiger partial charge in [-0.1, -0.05) is 84.3 Å². The molecular weight excluding hydrogens is 523 g/mol. The van der Waals surface area contributed by atoms with Crippen molar-refractivity contribution in [1.82, 2.24) is 9.55 Å². The molecule has 185 valence electrons. The minimum atomic E-state index is 1.22. The van der Waals surface area contributed by atoms with Crippen LogP contribution in [0.4, 0.5) is 0 Å². The van der Waals surface area contributed by atoms with Crippen LogP contribution in [0.5, 0.6) is 0 Å². The summed E-state index contributed by atoms with van der Waals surface area (Å²) in [5.41, 5.74) is 11.5. The number of aryl methyl sites for hydroxylation is 1. The molecule has 10 rings (SSSR count).